The van der Waals surface area contributed by atoms with Crippen LogP contribution in [0.3, 0.4) is 0 Å². The van der Waals surface area contributed by atoms with Crippen LogP contribution in [-0.4, -0.2) is 11.6 Å². The van der Waals surface area contributed by atoms with Gasteiger partial charge in [0.25, 0.3) is 0 Å². The highest BCUT2D eigenvalue weighted by molar-refractivity contribution is 5.91. The fraction of sp³-hybridized carbons (Fsp3) is 0.846. The second kappa shape index (κ2) is 6.04. The minimum Gasteiger partial charge on any atom is -0.300 e. The molecule has 86 valence electrons. The molecule has 0 aromatic heterocycles. The summed E-state index contributed by atoms with van der Waals surface area (Å²) in [5.41, 5.74) is 0. The molecule has 1 aliphatic carbocycles. The lowest BCUT2D eigenvalue weighted by atomic mass is 9.87. The van der Waals surface area contributed by atoms with Crippen molar-refractivity contribution in [3.8, 4) is 0 Å². The largest absolute Gasteiger partial charge is 0.300 e. The molecule has 15 heavy (non-hydrogen) atoms. The van der Waals surface area contributed by atoms with E-state index in [1.54, 1.807) is 6.92 Å². The maximum absolute atomic E-state index is 11.6. The van der Waals surface area contributed by atoms with E-state index in [4.69, 9.17) is 0 Å². The molecule has 1 saturated carbocycles. The van der Waals surface area contributed by atoms with E-state index in [1.807, 2.05) is 0 Å². The summed E-state index contributed by atoms with van der Waals surface area (Å²) < 4.78 is 0. The Morgan fingerprint density at radius 1 is 1.33 bits per heavy atom. The van der Waals surface area contributed by atoms with Crippen LogP contribution in [0.15, 0.2) is 0 Å². The monoisotopic (exact) mass is 210 g/mol. The van der Waals surface area contributed by atoms with Gasteiger partial charge in [-0.25, -0.2) is 0 Å². The number of rotatable bonds is 6. The van der Waals surface area contributed by atoms with Gasteiger partial charge >= 0.3 is 0 Å². The van der Waals surface area contributed by atoms with Crippen molar-refractivity contribution in [1.29, 1.82) is 0 Å². The Labute approximate surface area is 92.4 Å². The van der Waals surface area contributed by atoms with Crippen LogP contribution in [-0.2, 0) is 9.59 Å². The first kappa shape index (κ1) is 12.4. The van der Waals surface area contributed by atoms with E-state index in [2.05, 4.69) is 6.92 Å². The van der Waals surface area contributed by atoms with Gasteiger partial charge in [0.05, 0.1) is 0 Å². The van der Waals surface area contributed by atoms with Crippen LogP contribution in [0.5, 0.6) is 0 Å². The average Bonchev–Trinajstić information content (AvgIpc) is 2.55. The molecule has 2 unspecified atom stereocenters. The van der Waals surface area contributed by atoms with Gasteiger partial charge in [-0.15, -0.1) is 0 Å². The van der Waals surface area contributed by atoms with Gasteiger partial charge < -0.3 is 0 Å². The van der Waals surface area contributed by atoms with Crippen molar-refractivity contribution in [2.45, 2.75) is 58.8 Å². The molecule has 0 aromatic carbocycles. The van der Waals surface area contributed by atoms with Crippen molar-refractivity contribution in [3.05, 3.63) is 0 Å². The summed E-state index contributed by atoms with van der Waals surface area (Å²) in [7, 11) is 0. The molecule has 0 N–H and O–H groups in total. The van der Waals surface area contributed by atoms with E-state index in [0.717, 1.165) is 19.3 Å². The van der Waals surface area contributed by atoms with Crippen molar-refractivity contribution in [1.82, 2.24) is 0 Å². The normalized spacial score (nSPS) is 25.9. The number of Topliss-reactive ketones (excluding diaryl/α,β-unsaturated/α-hetero) is 2. The van der Waals surface area contributed by atoms with Gasteiger partial charge in [0.15, 0.2) is 0 Å². The first-order valence-corrected chi connectivity index (χ1v) is 6.20. The van der Waals surface area contributed by atoms with Gasteiger partial charge in [-0.3, -0.25) is 9.59 Å². The van der Waals surface area contributed by atoms with Crippen molar-refractivity contribution >= 4 is 11.6 Å². The van der Waals surface area contributed by atoms with Crippen LogP contribution in [0.25, 0.3) is 0 Å². The molecule has 0 aliphatic heterocycles. The number of carbonyl (C=O) groups excluding carboxylic acids is 2. The van der Waals surface area contributed by atoms with Gasteiger partial charge in [0, 0.05) is 18.3 Å². The van der Waals surface area contributed by atoms with Gasteiger partial charge in [0.1, 0.15) is 11.6 Å². The van der Waals surface area contributed by atoms with Crippen molar-refractivity contribution in [2.75, 3.05) is 0 Å². The quantitative estimate of drug-likeness (QED) is 0.631. The van der Waals surface area contributed by atoms with Gasteiger partial charge in [-0.05, 0) is 19.8 Å². The molecule has 0 radical (unpaired) electrons. The summed E-state index contributed by atoms with van der Waals surface area (Å²) >= 11 is 0. The van der Waals surface area contributed by atoms with Crippen molar-refractivity contribution in [2.24, 2.45) is 11.8 Å². The predicted molar refractivity (Wildman–Crippen MR) is 60.7 cm³/mol. The first-order valence-electron chi connectivity index (χ1n) is 6.20. The maximum atomic E-state index is 11.6. The molecule has 0 bridgehead atoms. The molecule has 1 aliphatic rings. The van der Waals surface area contributed by atoms with E-state index in [9.17, 15) is 9.59 Å². The number of hydrogen-bond donors (Lipinski definition) is 0. The predicted octanol–water partition coefficient (Wildman–Crippen LogP) is 3.14. The Balaban J connectivity index is 2.36. The minimum atomic E-state index is 0.0409. The van der Waals surface area contributed by atoms with E-state index in [-0.39, 0.29) is 17.6 Å². The highest BCUT2D eigenvalue weighted by atomic mass is 16.1. The number of unbranched alkanes of at least 4 members (excludes halogenated alkanes) is 3. The zero-order valence-corrected chi connectivity index (χ0v) is 9.92. The summed E-state index contributed by atoms with van der Waals surface area (Å²) in [6.07, 6.45) is 7.12. The minimum absolute atomic E-state index is 0.0409. The first-order chi connectivity index (χ1) is 7.16. The Hall–Kier alpha value is -0.660. The molecule has 0 heterocycles. The Morgan fingerprint density at radius 3 is 2.67 bits per heavy atom. The third kappa shape index (κ3) is 3.44. The zero-order chi connectivity index (χ0) is 11.3. The van der Waals surface area contributed by atoms with Crippen LogP contribution < -0.4 is 0 Å². The van der Waals surface area contributed by atoms with Gasteiger partial charge in [0.2, 0.25) is 0 Å². The molecular weight excluding hydrogens is 188 g/mol. The van der Waals surface area contributed by atoms with E-state index in [0.29, 0.717) is 12.2 Å². The van der Waals surface area contributed by atoms with E-state index < -0.39 is 0 Å². The molecule has 1 fully saturated rings. The fourth-order valence-corrected chi connectivity index (χ4v) is 2.55. The van der Waals surface area contributed by atoms with Crippen LogP contribution in [0.2, 0.25) is 0 Å². The van der Waals surface area contributed by atoms with Crippen molar-refractivity contribution in [3.63, 3.8) is 0 Å². The molecule has 2 heteroatoms. The molecule has 0 saturated heterocycles. The molecule has 0 amide bonds. The summed E-state index contributed by atoms with van der Waals surface area (Å²) in [4.78, 5) is 22.9. The molecule has 1 rings (SSSR count). The Bertz CT molecular complexity index is 233. The second-order valence-corrected chi connectivity index (χ2v) is 4.68. The second-order valence-electron chi connectivity index (χ2n) is 4.68. The Kier molecular flexibility index (Phi) is 5.00. The highest BCUT2D eigenvalue weighted by Crippen LogP contribution is 2.33. The third-order valence-electron chi connectivity index (χ3n) is 3.49. The molecule has 2 atom stereocenters. The lowest BCUT2D eigenvalue weighted by Gasteiger charge is -2.15. The third-order valence-corrected chi connectivity index (χ3v) is 3.49. The van der Waals surface area contributed by atoms with Crippen LogP contribution >= 0.6 is 0 Å². The topological polar surface area (TPSA) is 34.1 Å². The summed E-state index contributed by atoms with van der Waals surface area (Å²) in [6.45, 7) is 3.81. The molecule has 0 spiro atoms. The van der Waals surface area contributed by atoms with Gasteiger partial charge in [-0.1, -0.05) is 32.6 Å². The van der Waals surface area contributed by atoms with Crippen LogP contribution in [0.4, 0.5) is 0 Å². The lowest BCUT2D eigenvalue weighted by Crippen LogP contribution is -2.20. The van der Waals surface area contributed by atoms with Gasteiger partial charge in [-0.2, -0.15) is 0 Å². The Morgan fingerprint density at radius 2 is 2.07 bits per heavy atom. The number of carbonyl (C=O) groups is 2. The molecular formula is C13H22O2. The fourth-order valence-electron chi connectivity index (χ4n) is 2.55. The zero-order valence-electron chi connectivity index (χ0n) is 9.92. The van der Waals surface area contributed by atoms with Crippen LogP contribution in [0.1, 0.15) is 58.8 Å². The highest BCUT2D eigenvalue weighted by Gasteiger charge is 2.36. The SMILES string of the molecule is CCCCCCC1C(=O)CCC1C(C)=O. The van der Waals surface area contributed by atoms with Crippen molar-refractivity contribution < 1.29 is 9.59 Å². The van der Waals surface area contributed by atoms with E-state index in [1.165, 1.54) is 19.3 Å². The average molecular weight is 210 g/mol. The summed E-state index contributed by atoms with van der Waals surface area (Å²) in [6, 6.07) is 0. The summed E-state index contributed by atoms with van der Waals surface area (Å²) in [5.74, 6) is 0.631. The maximum Gasteiger partial charge on any atom is 0.136 e. The van der Waals surface area contributed by atoms with Crippen LogP contribution in [0, 0.1) is 11.8 Å². The standard InChI is InChI=1S/C13H22O2/c1-3-4-5-6-7-12-11(10(2)14)8-9-13(12)15/h11-12H,3-9H2,1-2H3. The molecule has 0 aromatic rings. The number of ketones is 2. The summed E-state index contributed by atoms with van der Waals surface area (Å²) in [5, 5.41) is 0. The lowest BCUT2D eigenvalue weighted by molar-refractivity contribution is -0.127. The van der Waals surface area contributed by atoms with E-state index >= 15 is 0 Å². The smallest absolute Gasteiger partial charge is 0.136 e. The number of hydrogen-bond acceptors (Lipinski definition) is 2. The molecule has 2 nitrogen and oxygen atoms in total.